The maximum absolute atomic E-state index is 13.1. The monoisotopic (exact) mass is 426 g/mol. The number of aryl methyl sites for hydroxylation is 2. The van der Waals surface area contributed by atoms with Crippen molar-refractivity contribution in [1.29, 1.82) is 0 Å². The second-order valence-electron chi connectivity index (χ2n) is 7.95. The first kappa shape index (κ1) is 21.4. The number of fused-ring (bicyclic) bond motifs is 1. The Balaban J connectivity index is 1.60. The Morgan fingerprint density at radius 2 is 1.78 bits per heavy atom. The zero-order chi connectivity index (χ0) is 22.7. The number of pyridine rings is 1. The van der Waals surface area contributed by atoms with Crippen molar-refractivity contribution in [2.45, 2.75) is 39.8 Å². The SMILES string of the molecule is CCCn1c(=O)c(-c2ccc(C(=O)NC(C)c3ccc(C)cc3)cc2)nc2cccnc21. The van der Waals surface area contributed by atoms with Gasteiger partial charge in [-0.2, -0.15) is 0 Å². The normalized spacial score (nSPS) is 12.0. The molecule has 32 heavy (non-hydrogen) atoms. The fourth-order valence-electron chi connectivity index (χ4n) is 3.69. The van der Waals surface area contributed by atoms with E-state index in [1.165, 1.54) is 5.56 Å². The second-order valence-corrected chi connectivity index (χ2v) is 7.95. The van der Waals surface area contributed by atoms with E-state index in [4.69, 9.17) is 0 Å². The Kier molecular flexibility index (Phi) is 6.12. The number of hydrogen-bond acceptors (Lipinski definition) is 4. The molecule has 0 saturated carbocycles. The predicted octanol–water partition coefficient (Wildman–Crippen LogP) is 4.67. The Morgan fingerprint density at radius 3 is 2.47 bits per heavy atom. The van der Waals surface area contributed by atoms with Crippen molar-refractivity contribution in [3.63, 3.8) is 0 Å². The van der Waals surface area contributed by atoms with Gasteiger partial charge in [-0.05, 0) is 50.1 Å². The Hall–Kier alpha value is -3.80. The first-order valence-corrected chi connectivity index (χ1v) is 10.8. The predicted molar refractivity (Wildman–Crippen MR) is 127 cm³/mol. The third kappa shape index (κ3) is 4.30. The van der Waals surface area contributed by atoms with Crippen LogP contribution >= 0.6 is 0 Å². The van der Waals surface area contributed by atoms with Crippen molar-refractivity contribution in [3.8, 4) is 11.3 Å². The number of rotatable bonds is 6. The fourth-order valence-corrected chi connectivity index (χ4v) is 3.69. The lowest BCUT2D eigenvalue weighted by Crippen LogP contribution is -2.26. The number of aromatic nitrogens is 3. The van der Waals surface area contributed by atoms with Crippen LogP contribution in [0.4, 0.5) is 0 Å². The Labute approximate surface area is 187 Å². The maximum Gasteiger partial charge on any atom is 0.278 e. The highest BCUT2D eigenvalue weighted by Gasteiger charge is 2.15. The Morgan fingerprint density at radius 1 is 1.06 bits per heavy atom. The zero-order valence-electron chi connectivity index (χ0n) is 18.5. The van der Waals surface area contributed by atoms with Gasteiger partial charge in [0.25, 0.3) is 11.5 Å². The molecule has 2 aromatic heterocycles. The van der Waals surface area contributed by atoms with E-state index in [0.717, 1.165) is 12.0 Å². The van der Waals surface area contributed by atoms with Gasteiger partial charge in [0.15, 0.2) is 5.65 Å². The fraction of sp³-hybridized carbons (Fsp3) is 0.231. The second kappa shape index (κ2) is 9.14. The van der Waals surface area contributed by atoms with Crippen molar-refractivity contribution in [1.82, 2.24) is 19.9 Å². The number of carbonyl (C=O) groups is 1. The molecular formula is C26H26N4O2. The third-order valence-corrected chi connectivity index (χ3v) is 5.49. The highest BCUT2D eigenvalue weighted by atomic mass is 16.1. The van der Waals surface area contributed by atoms with Gasteiger partial charge in [-0.3, -0.25) is 14.2 Å². The molecule has 0 bridgehead atoms. The van der Waals surface area contributed by atoms with Crippen LogP contribution in [0.1, 0.15) is 47.8 Å². The lowest BCUT2D eigenvalue weighted by Gasteiger charge is -2.15. The molecule has 1 N–H and O–H groups in total. The van der Waals surface area contributed by atoms with Crippen LogP contribution in [0.2, 0.25) is 0 Å². The molecule has 0 spiro atoms. The average molecular weight is 427 g/mol. The quantitative estimate of drug-likeness (QED) is 0.486. The summed E-state index contributed by atoms with van der Waals surface area (Å²) in [6, 6.07) is 18.6. The standard InChI is InChI=1S/C26H26N4O2/c1-4-16-30-24-22(6-5-15-27-24)29-23(26(30)32)20-11-13-21(14-12-20)25(31)28-18(3)19-9-7-17(2)8-10-19/h5-15,18H,4,16H2,1-3H3,(H,28,31). The minimum absolute atomic E-state index is 0.112. The maximum atomic E-state index is 13.1. The molecule has 1 unspecified atom stereocenters. The molecule has 2 aromatic carbocycles. The molecular weight excluding hydrogens is 400 g/mol. The lowest BCUT2D eigenvalue weighted by atomic mass is 10.1. The van der Waals surface area contributed by atoms with Crippen LogP contribution in [0, 0.1) is 6.92 Å². The van der Waals surface area contributed by atoms with E-state index in [1.807, 2.05) is 57.2 Å². The van der Waals surface area contributed by atoms with E-state index in [2.05, 4.69) is 15.3 Å². The van der Waals surface area contributed by atoms with Crippen LogP contribution in [-0.2, 0) is 6.54 Å². The van der Waals surface area contributed by atoms with Gasteiger partial charge in [0, 0.05) is 23.9 Å². The van der Waals surface area contributed by atoms with Gasteiger partial charge in [-0.25, -0.2) is 9.97 Å². The summed E-state index contributed by atoms with van der Waals surface area (Å²) in [4.78, 5) is 34.7. The van der Waals surface area contributed by atoms with Crippen LogP contribution in [0.3, 0.4) is 0 Å². The highest BCUT2D eigenvalue weighted by Crippen LogP contribution is 2.19. The first-order chi connectivity index (χ1) is 15.5. The van der Waals surface area contributed by atoms with E-state index in [-0.39, 0.29) is 17.5 Å². The summed E-state index contributed by atoms with van der Waals surface area (Å²) in [5.74, 6) is -0.163. The molecule has 6 nitrogen and oxygen atoms in total. The number of benzene rings is 2. The number of nitrogens with zero attached hydrogens (tertiary/aromatic N) is 3. The summed E-state index contributed by atoms with van der Waals surface area (Å²) in [6.45, 7) is 6.58. The summed E-state index contributed by atoms with van der Waals surface area (Å²) < 4.78 is 1.67. The summed E-state index contributed by atoms with van der Waals surface area (Å²) in [5, 5.41) is 3.02. The molecule has 4 aromatic rings. The number of hydrogen-bond donors (Lipinski definition) is 1. The van der Waals surface area contributed by atoms with E-state index in [1.54, 1.807) is 35.0 Å². The molecule has 162 valence electrons. The number of carbonyl (C=O) groups excluding carboxylic acids is 1. The van der Waals surface area contributed by atoms with Crippen molar-refractivity contribution < 1.29 is 4.79 Å². The molecule has 2 heterocycles. The van der Waals surface area contributed by atoms with Gasteiger partial charge < -0.3 is 5.32 Å². The van der Waals surface area contributed by atoms with E-state index < -0.39 is 0 Å². The third-order valence-electron chi connectivity index (χ3n) is 5.49. The number of amides is 1. The molecule has 0 aliphatic heterocycles. The van der Waals surface area contributed by atoms with Crippen LogP contribution in [0.5, 0.6) is 0 Å². The van der Waals surface area contributed by atoms with Crippen molar-refractivity contribution in [3.05, 3.63) is 93.9 Å². The average Bonchev–Trinajstić information content (AvgIpc) is 2.81. The van der Waals surface area contributed by atoms with Gasteiger partial charge in [0.05, 0.1) is 6.04 Å². The first-order valence-electron chi connectivity index (χ1n) is 10.8. The Bertz CT molecular complexity index is 1310. The zero-order valence-corrected chi connectivity index (χ0v) is 18.5. The van der Waals surface area contributed by atoms with Gasteiger partial charge in [-0.15, -0.1) is 0 Å². The minimum Gasteiger partial charge on any atom is -0.346 e. The molecule has 0 aliphatic carbocycles. The topological polar surface area (TPSA) is 76.9 Å². The molecule has 0 radical (unpaired) electrons. The van der Waals surface area contributed by atoms with Gasteiger partial charge in [-0.1, -0.05) is 48.9 Å². The largest absolute Gasteiger partial charge is 0.346 e. The molecule has 0 aliphatic rings. The molecule has 1 atom stereocenters. The highest BCUT2D eigenvalue weighted by molar-refractivity contribution is 5.95. The van der Waals surface area contributed by atoms with Gasteiger partial charge >= 0.3 is 0 Å². The van der Waals surface area contributed by atoms with Crippen LogP contribution in [0.25, 0.3) is 22.4 Å². The summed E-state index contributed by atoms with van der Waals surface area (Å²) in [7, 11) is 0. The van der Waals surface area contributed by atoms with Crippen LogP contribution < -0.4 is 10.9 Å². The van der Waals surface area contributed by atoms with Gasteiger partial charge in [0.1, 0.15) is 11.2 Å². The molecule has 0 fully saturated rings. The summed E-state index contributed by atoms with van der Waals surface area (Å²) >= 11 is 0. The molecule has 1 amide bonds. The smallest absolute Gasteiger partial charge is 0.278 e. The van der Waals surface area contributed by atoms with Crippen molar-refractivity contribution >= 4 is 17.1 Å². The number of nitrogens with one attached hydrogen (secondary N) is 1. The van der Waals surface area contributed by atoms with Crippen LogP contribution in [0.15, 0.2) is 71.7 Å². The van der Waals surface area contributed by atoms with E-state index in [9.17, 15) is 9.59 Å². The molecule has 4 rings (SSSR count). The summed E-state index contributed by atoms with van der Waals surface area (Å²) in [6.07, 6.45) is 2.48. The van der Waals surface area contributed by atoms with Crippen LogP contribution in [-0.4, -0.2) is 20.4 Å². The molecule has 6 heteroatoms. The van der Waals surface area contributed by atoms with E-state index in [0.29, 0.717) is 34.5 Å². The van der Waals surface area contributed by atoms with Gasteiger partial charge in [0.2, 0.25) is 0 Å². The van der Waals surface area contributed by atoms with Crippen molar-refractivity contribution in [2.75, 3.05) is 0 Å². The van der Waals surface area contributed by atoms with Crippen molar-refractivity contribution in [2.24, 2.45) is 0 Å². The molecule has 0 saturated heterocycles. The minimum atomic E-state index is -0.178. The lowest BCUT2D eigenvalue weighted by molar-refractivity contribution is 0.0940. The summed E-state index contributed by atoms with van der Waals surface area (Å²) in [5.41, 5.74) is 4.87. The van der Waals surface area contributed by atoms with E-state index >= 15 is 0 Å².